The molecule has 0 fully saturated rings. The summed E-state index contributed by atoms with van der Waals surface area (Å²) in [4.78, 5) is 3.28. The van der Waals surface area contributed by atoms with E-state index in [9.17, 15) is 0 Å². The van der Waals surface area contributed by atoms with Crippen molar-refractivity contribution in [2.24, 2.45) is 0 Å². The molecule has 0 amide bonds. The zero-order valence-corrected chi connectivity index (χ0v) is 11.2. The molecule has 0 aromatic heterocycles. The molecule has 1 aromatic rings. The Labute approximate surface area is 110 Å². The van der Waals surface area contributed by atoms with E-state index in [1.165, 1.54) is 26.2 Å². The summed E-state index contributed by atoms with van der Waals surface area (Å²) in [6.07, 6.45) is 0. The van der Waals surface area contributed by atoms with Gasteiger partial charge in [-0.2, -0.15) is 0 Å². The predicted octanol–water partition coefficient (Wildman–Crippen LogP) is 3.55. The summed E-state index contributed by atoms with van der Waals surface area (Å²) in [6, 6.07) is 14.5. The molecular formula is C15H14N2S. The van der Waals surface area contributed by atoms with Gasteiger partial charge in [-0.1, -0.05) is 12.1 Å². The van der Waals surface area contributed by atoms with Gasteiger partial charge in [-0.25, -0.2) is 0 Å². The first kappa shape index (κ1) is 11.2. The molecule has 1 heterocycles. The second-order valence-electron chi connectivity index (χ2n) is 4.62. The highest BCUT2D eigenvalue weighted by Crippen LogP contribution is 2.33. The van der Waals surface area contributed by atoms with Crippen LogP contribution in [0.5, 0.6) is 0 Å². The van der Waals surface area contributed by atoms with E-state index in [1.54, 1.807) is 11.3 Å². The average molecular weight is 254 g/mol. The number of hydrogen-bond acceptors (Lipinski definition) is 3. The maximum Gasteiger partial charge on any atom is 0.0554 e. The summed E-state index contributed by atoms with van der Waals surface area (Å²) in [5.74, 6) is 0. The minimum Gasteiger partial charge on any atom is -0.378 e. The van der Waals surface area contributed by atoms with Gasteiger partial charge in [-0.15, -0.1) is 11.3 Å². The Morgan fingerprint density at radius 3 is 2.61 bits per heavy atom. The van der Waals surface area contributed by atoms with Gasteiger partial charge >= 0.3 is 0 Å². The minimum atomic E-state index is 0.571. The summed E-state index contributed by atoms with van der Waals surface area (Å²) in [5, 5.41) is 9.53. The van der Waals surface area contributed by atoms with Crippen LogP contribution in [0.25, 0.3) is 20.5 Å². The fourth-order valence-corrected chi connectivity index (χ4v) is 3.13. The highest BCUT2D eigenvalue weighted by molar-refractivity contribution is 7.21. The van der Waals surface area contributed by atoms with E-state index in [0.29, 0.717) is 5.36 Å². The lowest BCUT2D eigenvalue weighted by molar-refractivity contribution is 1.14. The monoisotopic (exact) mass is 254 g/mol. The van der Waals surface area contributed by atoms with Crippen LogP contribution in [-0.2, 0) is 0 Å². The second kappa shape index (κ2) is 4.10. The fourth-order valence-electron chi connectivity index (χ4n) is 2.04. The topological polar surface area (TPSA) is 27.1 Å². The van der Waals surface area contributed by atoms with Crippen molar-refractivity contribution in [3.63, 3.8) is 0 Å². The molecule has 2 aliphatic rings. The molecule has 0 bridgehead atoms. The zero-order valence-electron chi connectivity index (χ0n) is 10.4. The number of nitrogens with one attached hydrogen (secondary N) is 1. The molecule has 18 heavy (non-hydrogen) atoms. The second-order valence-corrected chi connectivity index (χ2v) is 5.70. The van der Waals surface area contributed by atoms with Crippen molar-refractivity contribution in [3.8, 4) is 10.4 Å². The number of fused-ring (bicyclic) bond motifs is 2. The molecule has 0 radical (unpaired) electrons. The standard InChI is InChI=1S/C15H14N2S/c1-17(2)13-6-4-11-7-10-3-5-12(16)8-14(10)18-15(11)9-13/h3-9,16H,1-2H3. The predicted molar refractivity (Wildman–Crippen MR) is 78.6 cm³/mol. The molecule has 0 saturated heterocycles. The summed E-state index contributed by atoms with van der Waals surface area (Å²) in [5.41, 5.74) is 2.42. The van der Waals surface area contributed by atoms with Gasteiger partial charge in [0.25, 0.3) is 0 Å². The lowest BCUT2D eigenvalue weighted by Crippen LogP contribution is -2.07. The quantitative estimate of drug-likeness (QED) is 0.661. The number of rotatable bonds is 1. The van der Waals surface area contributed by atoms with Crippen LogP contribution in [0.1, 0.15) is 0 Å². The van der Waals surface area contributed by atoms with Crippen LogP contribution in [0.4, 0.5) is 5.69 Å². The van der Waals surface area contributed by atoms with Gasteiger partial charge in [-0.3, -0.25) is 0 Å². The number of benzene rings is 2. The largest absolute Gasteiger partial charge is 0.378 e. The van der Waals surface area contributed by atoms with Gasteiger partial charge < -0.3 is 10.3 Å². The van der Waals surface area contributed by atoms with E-state index < -0.39 is 0 Å². The van der Waals surface area contributed by atoms with Crippen molar-refractivity contribution < 1.29 is 0 Å². The van der Waals surface area contributed by atoms with Crippen LogP contribution in [0.15, 0.2) is 42.5 Å². The van der Waals surface area contributed by atoms with Gasteiger partial charge in [0.05, 0.1) is 5.36 Å². The Balaban J connectivity index is 2.33. The third-order valence-corrected chi connectivity index (χ3v) is 4.20. The normalized spacial score (nSPS) is 11.0. The van der Waals surface area contributed by atoms with Crippen LogP contribution >= 0.6 is 11.3 Å². The summed E-state index contributed by atoms with van der Waals surface area (Å²) in [6.45, 7) is 0. The molecule has 3 rings (SSSR count). The lowest BCUT2D eigenvalue weighted by atomic mass is 10.1. The van der Waals surface area contributed by atoms with Crippen molar-refractivity contribution in [1.82, 2.24) is 0 Å². The SMILES string of the molecule is CN(C)c1ccc2cc3ccc(=N)cc-3sc2c1. The minimum absolute atomic E-state index is 0.571. The summed E-state index contributed by atoms with van der Waals surface area (Å²) >= 11 is 1.75. The van der Waals surface area contributed by atoms with Crippen molar-refractivity contribution >= 4 is 27.1 Å². The Morgan fingerprint density at radius 2 is 1.83 bits per heavy atom. The highest BCUT2D eigenvalue weighted by atomic mass is 32.1. The van der Waals surface area contributed by atoms with Crippen LogP contribution < -0.4 is 10.3 Å². The van der Waals surface area contributed by atoms with Crippen LogP contribution in [-0.4, -0.2) is 14.1 Å². The third kappa shape index (κ3) is 1.87. The molecule has 1 aliphatic heterocycles. The zero-order chi connectivity index (χ0) is 12.7. The van der Waals surface area contributed by atoms with Crippen molar-refractivity contribution in [2.45, 2.75) is 0 Å². The van der Waals surface area contributed by atoms with Crippen molar-refractivity contribution in [2.75, 3.05) is 19.0 Å². The molecule has 0 spiro atoms. The Bertz CT molecular complexity index is 743. The highest BCUT2D eigenvalue weighted by Gasteiger charge is 2.06. The Kier molecular flexibility index (Phi) is 2.56. The molecule has 90 valence electrons. The Hall–Kier alpha value is -1.87. The first-order chi connectivity index (χ1) is 8.63. The van der Waals surface area contributed by atoms with Crippen molar-refractivity contribution in [1.29, 1.82) is 5.41 Å². The van der Waals surface area contributed by atoms with E-state index in [1.807, 2.05) is 18.2 Å². The third-order valence-electron chi connectivity index (χ3n) is 3.06. The van der Waals surface area contributed by atoms with Gasteiger partial charge in [0, 0.05) is 29.4 Å². The van der Waals surface area contributed by atoms with Crippen LogP contribution in [0, 0.1) is 5.41 Å². The molecular weight excluding hydrogens is 240 g/mol. The molecule has 0 unspecified atom stereocenters. The Morgan fingerprint density at radius 1 is 1.00 bits per heavy atom. The fraction of sp³-hybridized carbons (Fsp3) is 0.133. The summed E-state index contributed by atoms with van der Waals surface area (Å²) in [7, 11) is 4.10. The lowest BCUT2D eigenvalue weighted by Gasteiger charge is -2.14. The van der Waals surface area contributed by atoms with E-state index in [2.05, 4.69) is 43.3 Å². The smallest absolute Gasteiger partial charge is 0.0554 e. The van der Waals surface area contributed by atoms with Gasteiger partial charge in [0.2, 0.25) is 0 Å². The van der Waals surface area contributed by atoms with Crippen LogP contribution in [0.2, 0.25) is 0 Å². The average Bonchev–Trinajstić information content (AvgIpc) is 2.35. The number of nitrogens with zero attached hydrogens (tertiary/aromatic N) is 1. The summed E-state index contributed by atoms with van der Waals surface area (Å²) < 4.78 is 1.26. The molecule has 0 saturated carbocycles. The molecule has 2 nitrogen and oxygen atoms in total. The first-order valence-electron chi connectivity index (χ1n) is 5.83. The van der Waals surface area contributed by atoms with E-state index in [-0.39, 0.29) is 0 Å². The molecule has 1 N–H and O–H groups in total. The van der Waals surface area contributed by atoms with Gasteiger partial charge in [0.1, 0.15) is 0 Å². The maximum absolute atomic E-state index is 7.69. The van der Waals surface area contributed by atoms with Gasteiger partial charge in [-0.05, 0) is 41.3 Å². The molecule has 3 heteroatoms. The van der Waals surface area contributed by atoms with E-state index in [4.69, 9.17) is 5.41 Å². The van der Waals surface area contributed by atoms with Crippen molar-refractivity contribution in [3.05, 3.63) is 47.8 Å². The molecule has 1 aliphatic carbocycles. The van der Waals surface area contributed by atoms with E-state index >= 15 is 0 Å². The molecule has 0 atom stereocenters. The van der Waals surface area contributed by atoms with E-state index in [0.717, 1.165) is 0 Å². The number of hydrogen-bond donors (Lipinski definition) is 1. The first-order valence-corrected chi connectivity index (χ1v) is 6.65. The maximum atomic E-state index is 7.69. The van der Waals surface area contributed by atoms with Crippen LogP contribution in [0.3, 0.4) is 0 Å². The number of anilines is 1. The van der Waals surface area contributed by atoms with Gasteiger partial charge in [0.15, 0.2) is 0 Å². The molecule has 1 aromatic carbocycles.